The summed E-state index contributed by atoms with van der Waals surface area (Å²) in [6.45, 7) is 0. The van der Waals surface area contributed by atoms with Gasteiger partial charge in [-0.25, -0.2) is 9.98 Å². The monoisotopic (exact) mass is 716 g/mol. The van der Waals surface area contributed by atoms with E-state index >= 15 is 0 Å². The van der Waals surface area contributed by atoms with Crippen LogP contribution in [0.5, 0.6) is 0 Å². The van der Waals surface area contributed by atoms with Crippen molar-refractivity contribution in [1.29, 1.82) is 0 Å². The van der Waals surface area contributed by atoms with Crippen molar-refractivity contribution in [3.05, 3.63) is 223 Å². The highest BCUT2D eigenvalue weighted by Gasteiger charge is 2.27. The van der Waals surface area contributed by atoms with E-state index in [1.807, 2.05) is 6.07 Å². The molecule has 1 N–H and O–H groups in total. The molecular weight excluding hydrogens is 681 g/mol. The van der Waals surface area contributed by atoms with Crippen LogP contribution < -0.4 is 5.32 Å². The molecule has 0 bridgehead atoms. The zero-order chi connectivity index (χ0) is 37.0. The number of aromatic nitrogens is 1. The van der Waals surface area contributed by atoms with Gasteiger partial charge in [-0.3, -0.25) is 0 Å². The van der Waals surface area contributed by atoms with E-state index in [1.54, 1.807) is 0 Å². The molecule has 0 fully saturated rings. The lowest BCUT2D eigenvalue weighted by atomic mass is 9.98. The lowest BCUT2D eigenvalue weighted by Crippen LogP contribution is -2.33. The Morgan fingerprint density at radius 3 is 1.89 bits per heavy atom. The second kappa shape index (κ2) is 13.2. The molecule has 2 heterocycles. The summed E-state index contributed by atoms with van der Waals surface area (Å²) in [4.78, 5) is 10.2. The number of benzene rings is 7. The van der Waals surface area contributed by atoms with Crippen LogP contribution >= 0.6 is 0 Å². The van der Waals surface area contributed by atoms with Gasteiger partial charge >= 0.3 is 0 Å². The molecule has 4 heteroatoms. The van der Waals surface area contributed by atoms with Gasteiger partial charge in [0.15, 0.2) is 5.84 Å². The minimum atomic E-state index is -0.241. The predicted molar refractivity (Wildman–Crippen MR) is 232 cm³/mol. The number of allylic oxidation sites excluding steroid dienone is 4. The van der Waals surface area contributed by atoms with E-state index in [9.17, 15) is 0 Å². The number of nitrogens with zero attached hydrogens (tertiary/aromatic N) is 3. The zero-order valence-corrected chi connectivity index (χ0v) is 30.5. The number of rotatable bonds is 7. The van der Waals surface area contributed by atoms with Crippen LogP contribution in [0.4, 0.5) is 0 Å². The van der Waals surface area contributed by atoms with E-state index in [0.29, 0.717) is 5.92 Å². The van der Waals surface area contributed by atoms with Gasteiger partial charge in [-0.05, 0) is 80.9 Å². The van der Waals surface area contributed by atoms with Crippen molar-refractivity contribution in [1.82, 2.24) is 9.88 Å². The van der Waals surface area contributed by atoms with Crippen molar-refractivity contribution in [2.24, 2.45) is 15.9 Å². The van der Waals surface area contributed by atoms with Crippen LogP contribution in [-0.4, -0.2) is 16.2 Å². The first-order chi connectivity index (χ1) is 27.7. The van der Waals surface area contributed by atoms with Gasteiger partial charge in [0.05, 0.1) is 11.0 Å². The number of amidine groups is 2. The molecule has 0 radical (unpaired) electrons. The Morgan fingerprint density at radius 2 is 1.09 bits per heavy atom. The number of fused-ring (bicyclic) bond motifs is 4. The topological polar surface area (TPSA) is 41.7 Å². The van der Waals surface area contributed by atoms with Crippen molar-refractivity contribution in [2.75, 3.05) is 0 Å². The third-order valence-corrected chi connectivity index (χ3v) is 11.1. The largest absolute Gasteiger partial charge is 0.344 e. The summed E-state index contributed by atoms with van der Waals surface area (Å²) in [7, 11) is 0. The Balaban J connectivity index is 0.982. The zero-order valence-electron chi connectivity index (χ0n) is 30.5. The summed E-state index contributed by atoms with van der Waals surface area (Å²) in [6, 6.07) is 63.0. The number of nitrogens with one attached hydrogen (secondary N) is 1. The minimum absolute atomic E-state index is 0.241. The third-order valence-electron chi connectivity index (χ3n) is 11.1. The molecule has 1 aliphatic heterocycles. The van der Waals surface area contributed by atoms with E-state index < -0.39 is 0 Å². The standard InChI is InChI=1S/C52H36N4/c1-3-12-34(13-4-1)36-16-9-17-37(28-36)41-26-27-47-46-22-7-8-23-48(46)56(49(47)33-41)45-21-11-19-39(32-45)38-18-10-20-42(29-38)51-53-50(35-14-5-2-6-15-35)54-52(55-51)43-25-24-40-30-44(40)31-43/h1-33,44,50H,(H,53,54,55). The molecule has 0 saturated heterocycles. The second-order valence-electron chi connectivity index (χ2n) is 14.7. The van der Waals surface area contributed by atoms with Crippen LogP contribution in [0.15, 0.2) is 221 Å². The van der Waals surface area contributed by atoms with Gasteiger partial charge < -0.3 is 9.88 Å². The molecule has 4 nitrogen and oxygen atoms in total. The Kier molecular flexibility index (Phi) is 7.59. The van der Waals surface area contributed by atoms with Crippen LogP contribution in [0.1, 0.15) is 17.3 Å². The molecule has 11 rings (SSSR count). The molecule has 1 aromatic heterocycles. The fourth-order valence-corrected chi connectivity index (χ4v) is 8.19. The number of hydrogen-bond acceptors (Lipinski definition) is 3. The number of para-hydroxylation sites is 1. The van der Waals surface area contributed by atoms with E-state index in [2.05, 4.69) is 204 Å². The molecule has 2 atom stereocenters. The van der Waals surface area contributed by atoms with Crippen LogP contribution in [0.3, 0.4) is 0 Å². The highest BCUT2D eigenvalue weighted by Crippen LogP contribution is 2.38. The minimum Gasteiger partial charge on any atom is -0.344 e. The number of hydrogen-bond donors (Lipinski definition) is 1. The van der Waals surface area contributed by atoms with Crippen molar-refractivity contribution in [3.8, 4) is 39.1 Å². The molecule has 7 aromatic carbocycles. The third kappa shape index (κ3) is 5.80. The summed E-state index contributed by atoms with van der Waals surface area (Å²) in [5, 5.41) is 6.13. The van der Waals surface area contributed by atoms with Crippen LogP contribution in [-0.2, 0) is 0 Å². The van der Waals surface area contributed by atoms with Gasteiger partial charge in [0.2, 0.25) is 0 Å². The molecule has 0 amide bonds. The van der Waals surface area contributed by atoms with Gasteiger partial charge in [-0.2, -0.15) is 0 Å². The average Bonchev–Trinajstić information content (AvgIpc) is 3.99. The quantitative estimate of drug-likeness (QED) is 0.175. The molecule has 0 spiro atoms. The molecular formula is C52H36N4. The van der Waals surface area contributed by atoms with Gasteiger partial charge in [0.1, 0.15) is 12.0 Å². The van der Waals surface area contributed by atoms with Crippen molar-refractivity contribution >= 4 is 33.5 Å². The van der Waals surface area contributed by atoms with Crippen LogP contribution in [0.2, 0.25) is 0 Å². The van der Waals surface area contributed by atoms with Crippen LogP contribution in [0, 0.1) is 5.92 Å². The first-order valence-corrected chi connectivity index (χ1v) is 19.2. The van der Waals surface area contributed by atoms with E-state index in [-0.39, 0.29) is 6.17 Å². The number of aliphatic imine (C=N–C) groups is 2. The predicted octanol–water partition coefficient (Wildman–Crippen LogP) is 12.3. The maximum Gasteiger partial charge on any atom is 0.159 e. The molecule has 0 saturated carbocycles. The van der Waals surface area contributed by atoms with E-state index in [4.69, 9.17) is 9.98 Å². The smallest absolute Gasteiger partial charge is 0.159 e. The highest BCUT2D eigenvalue weighted by atomic mass is 15.2. The van der Waals surface area contributed by atoms with Gasteiger partial charge in [0, 0.05) is 33.5 Å². The van der Waals surface area contributed by atoms with Crippen molar-refractivity contribution < 1.29 is 0 Å². The maximum absolute atomic E-state index is 5.13. The lowest BCUT2D eigenvalue weighted by molar-refractivity contribution is 0.674. The van der Waals surface area contributed by atoms with Gasteiger partial charge in [0.25, 0.3) is 0 Å². The SMILES string of the molecule is C1=CC2=CC2C=C1C1=NC(c2ccccc2)NC(c2cccc(-c3cccc(-n4c5ccccc5c5ccc(-c6cccc(-c7ccccc7)c6)cc54)c3)c2)=N1. The summed E-state index contributed by atoms with van der Waals surface area (Å²) in [5.41, 5.74) is 15.1. The summed E-state index contributed by atoms with van der Waals surface area (Å²) in [5.74, 6) is 1.98. The maximum atomic E-state index is 5.13. The van der Waals surface area contributed by atoms with Crippen LogP contribution in [0.25, 0.3) is 60.9 Å². The molecule has 8 aromatic rings. The Bertz CT molecular complexity index is 3000. The average molecular weight is 717 g/mol. The summed E-state index contributed by atoms with van der Waals surface area (Å²) in [6.07, 6.45) is 8.63. The summed E-state index contributed by atoms with van der Waals surface area (Å²) >= 11 is 0. The Morgan fingerprint density at radius 1 is 0.464 bits per heavy atom. The normalized spacial score (nSPS) is 17.1. The fourth-order valence-electron chi connectivity index (χ4n) is 8.19. The van der Waals surface area contributed by atoms with E-state index in [1.165, 1.54) is 49.6 Å². The van der Waals surface area contributed by atoms with E-state index in [0.717, 1.165) is 45.2 Å². The van der Waals surface area contributed by atoms with Crippen molar-refractivity contribution in [2.45, 2.75) is 6.17 Å². The van der Waals surface area contributed by atoms with Gasteiger partial charge in [-0.15, -0.1) is 0 Å². The molecule has 2 aliphatic carbocycles. The second-order valence-corrected chi connectivity index (χ2v) is 14.7. The first-order valence-electron chi connectivity index (χ1n) is 19.2. The van der Waals surface area contributed by atoms with Gasteiger partial charge in [-0.1, -0.05) is 164 Å². The molecule has 264 valence electrons. The fraction of sp³-hybridized carbons (Fsp3) is 0.0385. The molecule has 2 unspecified atom stereocenters. The first kappa shape index (κ1) is 32.2. The Labute approximate surface area is 325 Å². The molecule has 56 heavy (non-hydrogen) atoms. The van der Waals surface area contributed by atoms with Crippen molar-refractivity contribution in [3.63, 3.8) is 0 Å². The molecule has 3 aliphatic rings. The Hall–Kier alpha value is -7.30. The lowest BCUT2D eigenvalue weighted by Gasteiger charge is -2.24. The summed E-state index contributed by atoms with van der Waals surface area (Å²) < 4.78 is 2.41. The highest BCUT2D eigenvalue weighted by molar-refractivity contribution is 6.14.